The smallest absolute Gasteiger partial charge is 0.227 e. The minimum atomic E-state index is 0.156. The van der Waals surface area contributed by atoms with Crippen LogP contribution in [0.4, 0.5) is 0 Å². The molecule has 22 heavy (non-hydrogen) atoms. The number of amides is 1. The Labute approximate surface area is 130 Å². The van der Waals surface area contributed by atoms with Gasteiger partial charge >= 0.3 is 0 Å². The largest absolute Gasteiger partial charge is 0.340 e. The molecule has 2 N–H and O–H groups in total. The third-order valence-corrected chi connectivity index (χ3v) is 5.44. The number of carbonyl (C=O) groups excluding carboxylic acids is 1. The summed E-state index contributed by atoms with van der Waals surface area (Å²) in [4.78, 5) is 18.9. The van der Waals surface area contributed by atoms with Crippen LogP contribution in [-0.4, -0.2) is 34.9 Å². The highest BCUT2D eigenvalue weighted by Crippen LogP contribution is 2.47. The Hall–Kier alpha value is -1.94. The van der Waals surface area contributed by atoms with Gasteiger partial charge in [-0.1, -0.05) is 24.6 Å². The van der Waals surface area contributed by atoms with Gasteiger partial charge in [-0.05, 0) is 30.5 Å². The van der Waals surface area contributed by atoms with E-state index < -0.39 is 0 Å². The maximum atomic E-state index is 12.6. The summed E-state index contributed by atoms with van der Waals surface area (Å²) < 4.78 is 0. The van der Waals surface area contributed by atoms with E-state index in [1.54, 1.807) is 6.20 Å². The van der Waals surface area contributed by atoms with Crippen molar-refractivity contribution >= 4 is 16.8 Å². The highest BCUT2D eigenvalue weighted by atomic mass is 16.2. The van der Waals surface area contributed by atoms with Gasteiger partial charge in [0.05, 0.1) is 11.9 Å². The van der Waals surface area contributed by atoms with Gasteiger partial charge in [-0.2, -0.15) is 0 Å². The molecule has 114 valence electrons. The number of fused-ring (bicyclic) bond motifs is 1. The first-order chi connectivity index (χ1) is 10.7. The van der Waals surface area contributed by atoms with Crippen molar-refractivity contribution in [2.24, 2.45) is 11.1 Å². The van der Waals surface area contributed by atoms with Gasteiger partial charge in [-0.25, -0.2) is 0 Å². The molecule has 2 aromatic rings. The maximum absolute atomic E-state index is 12.6. The van der Waals surface area contributed by atoms with Gasteiger partial charge in [0.2, 0.25) is 5.91 Å². The van der Waals surface area contributed by atoms with Crippen molar-refractivity contribution in [3.63, 3.8) is 0 Å². The van der Waals surface area contributed by atoms with Crippen LogP contribution in [0, 0.1) is 5.41 Å². The Kier molecular flexibility index (Phi) is 3.15. The summed E-state index contributed by atoms with van der Waals surface area (Å²) in [7, 11) is 0. The zero-order valence-corrected chi connectivity index (χ0v) is 12.7. The fourth-order valence-corrected chi connectivity index (χ4v) is 3.85. The second-order valence-corrected chi connectivity index (χ2v) is 6.80. The van der Waals surface area contributed by atoms with Crippen LogP contribution in [0.1, 0.15) is 24.8 Å². The van der Waals surface area contributed by atoms with Gasteiger partial charge in [-0.15, -0.1) is 0 Å². The normalized spacial score (nSPS) is 23.0. The molecule has 1 aromatic carbocycles. The average molecular weight is 295 g/mol. The number of pyridine rings is 1. The third-order valence-electron chi connectivity index (χ3n) is 5.44. The molecule has 1 aliphatic carbocycles. The molecule has 1 spiro atoms. The fraction of sp³-hybridized carbons (Fsp3) is 0.444. The molecule has 1 atom stereocenters. The van der Waals surface area contributed by atoms with Gasteiger partial charge < -0.3 is 10.6 Å². The Morgan fingerprint density at radius 3 is 2.95 bits per heavy atom. The number of rotatable bonds is 2. The van der Waals surface area contributed by atoms with Gasteiger partial charge in [-0.3, -0.25) is 9.78 Å². The molecule has 1 aliphatic heterocycles. The first-order valence-electron chi connectivity index (χ1n) is 8.03. The number of carbonyl (C=O) groups is 1. The van der Waals surface area contributed by atoms with Gasteiger partial charge in [0.15, 0.2) is 0 Å². The number of nitrogens with zero attached hydrogens (tertiary/aromatic N) is 2. The van der Waals surface area contributed by atoms with Crippen LogP contribution in [0.2, 0.25) is 0 Å². The molecule has 0 radical (unpaired) electrons. The van der Waals surface area contributed by atoms with Crippen LogP contribution in [-0.2, 0) is 11.2 Å². The molecular formula is C18H21N3O. The molecule has 1 aromatic heterocycles. The zero-order chi connectivity index (χ0) is 15.2. The lowest BCUT2D eigenvalue weighted by molar-refractivity contribution is -0.130. The van der Waals surface area contributed by atoms with Crippen molar-refractivity contribution in [3.05, 3.63) is 42.1 Å². The Morgan fingerprint density at radius 2 is 2.23 bits per heavy atom. The van der Waals surface area contributed by atoms with Crippen molar-refractivity contribution < 1.29 is 4.79 Å². The molecule has 0 bridgehead atoms. The van der Waals surface area contributed by atoms with E-state index in [2.05, 4.69) is 4.98 Å². The van der Waals surface area contributed by atoms with Crippen molar-refractivity contribution in [1.29, 1.82) is 0 Å². The molecule has 2 aliphatic rings. The molecule has 4 heteroatoms. The van der Waals surface area contributed by atoms with Crippen LogP contribution in [0.5, 0.6) is 0 Å². The average Bonchev–Trinajstić information content (AvgIpc) is 2.85. The van der Waals surface area contributed by atoms with Gasteiger partial charge in [0.1, 0.15) is 0 Å². The predicted octanol–water partition coefficient (Wildman–Crippen LogP) is 2.12. The minimum absolute atomic E-state index is 0.156. The highest BCUT2D eigenvalue weighted by Gasteiger charge is 2.49. The van der Waals surface area contributed by atoms with Gasteiger partial charge in [0.25, 0.3) is 0 Å². The third kappa shape index (κ3) is 2.18. The highest BCUT2D eigenvalue weighted by molar-refractivity contribution is 5.83. The molecule has 2 heterocycles. The van der Waals surface area contributed by atoms with E-state index in [1.807, 2.05) is 35.2 Å². The van der Waals surface area contributed by atoms with Crippen LogP contribution >= 0.6 is 0 Å². The number of hydrogen-bond acceptors (Lipinski definition) is 3. The van der Waals surface area contributed by atoms with Crippen molar-refractivity contribution in [2.75, 3.05) is 13.1 Å². The Morgan fingerprint density at radius 1 is 1.36 bits per heavy atom. The fourth-order valence-electron chi connectivity index (χ4n) is 3.85. The molecule has 1 amide bonds. The molecule has 1 saturated carbocycles. The standard InChI is InChI=1S/C18H21N3O/c19-16-11-21(12-18(16)6-2-7-18)17(22)10-13-4-5-14-3-1-8-20-15(14)9-13/h1,3-5,8-9,16H,2,6-7,10-12,19H2/t16-/m0/s1. The Bertz CT molecular complexity index is 723. The van der Waals surface area contributed by atoms with Crippen LogP contribution in [0.15, 0.2) is 36.5 Å². The van der Waals surface area contributed by atoms with E-state index in [0.29, 0.717) is 13.0 Å². The molecule has 2 fully saturated rings. The number of benzene rings is 1. The molecule has 4 nitrogen and oxygen atoms in total. The first-order valence-corrected chi connectivity index (χ1v) is 8.03. The minimum Gasteiger partial charge on any atom is -0.340 e. The van der Waals surface area contributed by atoms with Crippen LogP contribution in [0.3, 0.4) is 0 Å². The SMILES string of the molecule is N[C@H]1CN(C(=O)Cc2ccc3cccnc3c2)CC12CCC2. The van der Waals surface area contributed by atoms with E-state index in [1.165, 1.54) is 19.3 Å². The van der Waals surface area contributed by atoms with Crippen molar-refractivity contribution in [1.82, 2.24) is 9.88 Å². The molecule has 1 saturated heterocycles. The zero-order valence-electron chi connectivity index (χ0n) is 12.7. The molecular weight excluding hydrogens is 274 g/mol. The molecule has 0 unspecified atom stereocenters. The van der Waals surface area contributed by atoms with E-state index >= 15 is 0 Å². The summed E-state index contributed by atoms with van der Waals surface area (Å²) in [6, 6.07) is 10.2. The Balaban J connectivity index is 1.49. The number of nitrogens with two attached hydrogens (primary N) is 1. The maximum Gasteiger partial charge on any atom is 0.227 e. The number of likely N-dealkylation sites (tertiary alicyclic amines) is 1. The van der Waals surface area contributed by atoms with E-state index in [9.17, 15) is 4.79 Å². The summed E-state index contributed by atoms with van der Waals surface area (Å²) in [6.45, 7) is 1.56. The summed E-state index contributed by atoms with van der Waals surface area (Å²) in [5.41, 5.74) is 8.46. The summed E-state index contributed by atoms with van der Waals surface area (Å²) >= 11 is 0. The second-order valence-electron chi connectivity index (χ2n) is 6.80. The first kappa shape index (κ1) is 13.7. The van der Waals surface area contributed by atoms with Crippen LogP contribution in [0.25, 0.3) is 10.9 Å². The second kappa shape index (κ2) is 5.06. The summed E-state index contributed by atoms with van der Waals surface area (Å²) in [5.74, 6) is 0.189. The summed E-state index contributed by atoms with van der Waals surface area (Å²) in [5, 5.41) is 1.11. The predicted molar refractivity (Wildman–Crippen MR) is 86.3 cm³/mol. The van der Waals surface area contributed by atoms with Gasteiger partial charge in [0, 0.05) is 36.1 Å². The van der Waals surface area contributed by atoms with Crippen molar-refractivity contribution in [2.45, 2.75) is 31.7 Å². The topological polar surface area (TPSA) is 59.2 Å². The lowest BCUT2D eigenvalue weighted by Crippen LogP contribution is -2.45. The van der Waals surface area contributed by atoms with Crippen molar-refractivity contribution in [3.8, 4) is 0 Å². The lowest BCUT2D eigenvalue weighted by Gasteiger charge is -2.41. The quantitative estimate of drug-likeness (QED) is 0.923. The van der Waals surface area contributed by atoms with E-state index in [-0.39, 0.29) is 17.4 Å². The van der Waals surface area contributed by atoms with Crippen LogP contribution < -0.4 is 5.73 Å². The lowest BCUT2D eigenvalue weighted by atomic mass is 9.66. The molecule has 4 rings (SSSR count). The monoisotopic (exact) mass is 295 g/mol. The van der Waals surface area contributed by atoms with E-state index in [4.69, 9.17) is 5.73 Å². The number of hydrogen-bond donors (Lipinski definition) is 1. The van der Waals surface area contributed by atoms with E-state index in [0.717, 1.165) is 23.0 Å². The number of aromatic nitrogens is 1. The summed E-state index contributed by atoms with van der Waals surface area (Å²) in [6.07, 6.45) is 5.84.